The largest absolute Gasteiger partial charge is 0.497 e. The van der Waals surface area contributed by atoms with Crippen molar-refractivity contribution < 1.29 is 14.2 Å². The number of benzene rings is 2. The van der Waals surface area contributed by atoms with Crippen LogP contribution in [0.15, 0.2) is 60.9 Å². The summed E-state index contributed by atoms with van der Waals surface area (Å²) in [7, 11) is 3.14. The number of hydrogen-bond donors (Lipinski definition) is 1. The first kappa shape index (κ1) is 19.9. The maximum Gasteiger partial charge on any atom is 0.232 e. The first-order valence-corrected chi connectivity index (χ1v) is 9.43. The Balaban J connectivity index is 1.48. The van der Waals surface area contributed by atoms with E-state index in [-0.39, 0.29) is 0 Å². The summed E-state index contributed by atoms with van der Waals surface area (Å²) in [5.41, 5.74) is 3.79. The molecular weight excluding hydrogens is 394 g/mol. The van der Waals surface area contributed by atoms with Gasteiger partial charge in [-0.05, 0) is 35.9 Å². The van der Waals surface area contributed by atoms with E-state index in [2.05, 4.69) is 26.3 Å². The van der Waals surface area contributed by atoms with E-state index in [4.69, 9.17) is 14.2 Å². The molecule has 4 aromatic rings. The number of rotatable bonds is 7. The molecule has 0 saturated carbocycles. The van der Waals surface area contributed by atoms with E-state index >= 15 is 0 Å². The van der Waals surface area contributed by atoms with Crippen molar-refractivity contribution in [3.05, 3.63) is 72.1 Å². The van der Waals surface area contributed by atoms with Gasteiger partial charge < -0.3 is 19.5 Å². The predicted molar refractivity (Wildman–Crippen MR) is 116 cm³/mol. The van der Waals surface area contributed by atoms with Crippen LogP contribution in [0.25, 0.3) is 11.0 Å². The molecule has 2 heterocycles. The van der Waals surface area contributed by atoms with Gasteiger partial charge in [-0.2, -0.15) is 5.26 Å². The molecule has 0 bridgehead atoms. The van der Waals surface area contributed by atoms with Crippen LogP contribution in [-0.2, 0) is 6.61 Å². The van der Waals surface area contributed by atoms with Crippen LogP contribution in [0.4, 0.5) is 11.4 Å². The van der Waals surface area contributed by atoms with Gasteiger partial charge >= 0.3 is 0 Å². The van der Waals surface area contributed by atoms with Gasteiger partial charge in [-0.3, -0.25) is 0 Å². The van der Waals surface area contributed by atoms with E-state index in [9.17, 15) is 5.26 Å². The fourth-order valence-electron chi connectivity index (χ4n) is 2.95. The number of nitrogens with one attached hydrogen (secondary N) is 1. The highest BCUT2D eigenvalue weighted by Crippen LogP contribution is 2.27. The molecule has 1 N–H and O–H groups in total. The number of hydrogen-bond acceptors (Lipinski definition) is 8. The monoisotopic (exact) mass is 413 g/mol. The van der Waals surface area contributed by atoms with Crippen molar-refractivity contribution in [1.82, 2.24) is 15.0 Å². The minimum absolute atomic E-state index is 0.348. The van der Waals surface area contributed by atoms with E-state index < -0.39 is 0 Å². The Labute approximate surface area is 179 Å². The fraction of sp³-hybridized carbons (Fsp3) is 0.130. The molecule has 0 amide bonds. The molecule has 0 fully saturated rings. The molecular formula is C23H19N5O3. The highest BCUT2D eigenvalue weighted by atomic mass is 16.5. The van der Waals surface area contributed by atoms with Gasteiger partial charge in [0.1, 0.15) is 29.5 Å². The van der Waals surface area contributed by atoms with Crippen molar-refractivity contribution in [2.45, 2.75) is 6.61 Å². The molecule has 31 heavy (non-hydrogen) atoms. The molecule has 0 aliphatic rings. The van der Waals surface area contributed by atoms with Crippen molar-refractivity contribution in [3.8, 4) is 23.6 Å². The predicted octanol–water partition coefficient (Wildman–Crippen LogP) is 4.24. The van der Waals surface area contributed by atoms with E-state index in [1.165, 1.54) is 13.3 Å². The zero-order chi connectivity index (χ0) is 21.6. The summed E-state index contributed by atoms with van der Waals surface area (Å²) < 4.78 is 16.0. The summed E-state index contributed by atoms with van der Waals surface area (Å²) in [6.07, 6.45) is 3.16. The summed E-state index contributed by atoms with van der Waals surface area (Å²) in [5.74, 6) is 1.64. The van der Waals surface area contributed by atoms with Gasteiger partial charge in [0, 0.05) is 6.07 Å². The molecule has 8 heteroatoms. The average Bonchev–Trinajstić information content (AvgIpc) is 2.83. The van der Waals surface area contributed by atoms with E-state index in [1.807, 2.05) is 30.3 Å². The van der Waals surface area contributed by atoms with Crippen LogP contribution < -0.4 is 19.5 Å². The molecule has 154 valence electrons. The third-order valence-corrected chi connectivity index (χ3v) is 4.57. The van der Waals surface area contributed by atoms with Crippen molar-refractivity contribution >= 4 is 22.4 Å². The Morgan fingerprint density at radius 1 is 0.903 bits per heavy atom. The maximum absolute atomic E-state index is 9.67. The van der Waals surface area contributed by atoms with Gasteiger partial charge in [-0.25, -0.2) is 15.0 Å². The lowest BCUT2D eigenvalue weighted by Gasteiger charge is -2.11. The molecule has 0 aliphatic heterocycles. The van der Waals surface area contributed by atoms with Crippen LogP contribution in [0, 0.1) is 11.3 Å². The molecule has 2 aromatic carbocycles. The lowest BCUT2D eigenvalue weighted by Crippen LogP contribution is -2.00. The number of nitrogens with zero attached hydrogens (tertiary/aromatic N) is 4. The minimum Gasteiger partial charge on any atom is -0.497 e. The summed E-state index contributed by atoms with van der Waals surface area (Å²) >= 11 is 0. The van der Waals surface area contributed by atoms with Crippen molar-refractivity contribution in [2.24, 2.45) is 0 Å². The van der Waals surface area contributed by atoms with Crippen LogP contribution in [-0.4, -0.2) is 29.2 Å². The zero-order valence-electron chi connectivity index (χ0n) is 17.0. The van der Waals surface area contributed by atoms with Gasteiger partial charge in [0.15, 0.2) is 0 Å². The van der Waals surface area contributed by atoms with Crippen molar-refractivity contribution in [3.63, 3.8) is 0 Å². The van der Waals surface area contributed by atoms with Crippen LogP contribution in [0.2, 0.25) is 0 Å². The highest BCUT2D eigenvalue weighted by molar-refractivity contribution is 5.88. The fourth-order valence-corrected chi connectivity index (χ4v) is 2.95. The Hall–Kier alpha value is -4.38. The lowest BCUT2D eigenvalue weighted by atomic mass is 10.1. The van der Waals surface area contributed by atoms with E-state index in [0.29, 0.717) is 46.3 Å². The molecule has 0 unspecified atom stereocenters. The number of fused-ring (bicyclic) bond motifs is 1. The van der Waals surface area contributed by atoms with Gasteiger partial charge in [-0.15, -0.1) is 0 Å². The smallest absolute Gasteiger partial charge is 0.232 e. The molecule has 4 rings (SSSR count). The molecule has 0 spiro atoms. The number of anilines is 2. The molecule has 2 aromatic heterocycles. The van der Waals surface area contributed by atoms with Gasteiger partial charge in [0.2, 0.25) is 11.8 Å². The van der Waals surface area contributed by atoms with Crippen molar-refractivity contribution in [2.75, 3.05) is 19.5 Å². The summed E-state index contributed by atoms with van der Waals surface area (Å²) in [5, 5.41) is 12.9. The SMILES string of the molecule is COc1ccc(COc2ccc(Nc3ccc4ncc(OC)nc4c3C#N)cn2)cc1. The topological polar surface area (TPSA) is 102 Å². The standard InChI is InChI=1S/C23H19N5O3/c1-29-17-6-3-15(4-7-17)14-31-21-10-5-16(12-26-21)27-19-8-9-20-23(18(19)11-24)28-22(30-2)13-25-20/h3-10,12-13,27H,14H2,1-2H3. The number of methoxy groups -OCH3 is 2. The molecule has 0 radical (unpaired) electrons. The second-order valence-corrected chi connectivity index (χ2v) is 6.53. The lowest BCUT2D eigenvalue weighted by molar-refractivity contribution is 0.294. The van der Waals surface area contributed by atoms with E-state index in [1.54, 1.807) is 31.5 Å². The molecule has 0 atom stereocenters. The van der Waals surface area contributed by atoms with Gasteiger partial charge in [0.25, 0.3) is 0 Å². The Bertz CT molecular complexity index is 1240. The van der Waals surface area contributed by atoms with Gasteiger partial charge in [0.05, 0.1) is 43.5 Å². The number of ether oxygens (including phenoxy) is 3. The minimum atomic E-state index is 0.348. The van der Waals surface area contributed by atoms with Crippen LogP contribution >= 0.6 is 0 Å². The number of pyridine rings is 1. The highest BCUT2D eigenvalue weighted by Gasteiger charge is 2.11. The molecule has 0 saturated heterocycles. The summed E-state index contributed by atoms with van der Waals surface area (Å²) in [4.78, 5) is 13.0. The van der Waals surface area contributed by atoms with Crippen LogP contribution in [0.1, 0.15) is 11.1 Å². The summed E-state index contributed by atoms with van der Waals surface area (Å²) in [6.45, 7) is 0.396. The first-order valence-electron chi connectivity index (χ1n) is 9.43. The number of aromatic nitrogens is 3. The quantitative estimate of drug-likeness (QED) is 0.480. The Morgan fingerprint density at radius 3 is 2.42 bits per heavy atom. The summed E-state index contributed by atoms with van der Waals surface area (Å²) in [6, 6.07) is 17.0. The third kappa shape index (κ3) is 4.46. The second kappa shape index (κ2) is 8.97. The first-order chi connectivity index (χ1) is 15.2. The van der Waals surface area contributed by atoms with Crippen molar-refractivity contribution in [1.29, 1.82) is 5.26 Å². The Kier molecular flexibility index (Phi) is 5.76. The normalized spacial score (nSPS) is 10.4. The van der Waals surface area contributed by atoms with Gasteiger partial charge in [-0.1, -0.05) is 12.1 Å². The average molecular weight is 413 g/mol. The third-order valence-electron chi connectivity index (χ3n) is 4.57. The Morgan fingerprint density at radius 2 is 1.74 bits per heavy atom. The number of nitriles is 1. The van der Waals surface area contributed by atoms with Crippen LogP contribution in [0.5, 0.6) is 17.5 Å². The molecule has 0 aliphatic carbocycles. The zero-order valence-corrected chi connectivity index (χ0v) is 17.0. The molecule has 8 nitrogen and oxygen atoms in total. The van der Waals surface area contributed by atoms with Crippen LogP contribution in [0.3, 0.4) is 0 Å². The maximum atomic E-state index is 9.67. The second-order valence-electron chi connectivity index (χ2n) is 6.53. The van der Waals surface area contributed by atoms with E-state index in [0.717, 1.165) is 11.3 Å².